The molecule has 0 saturated carbocycles. The highest BCUT2D eigenvalue weighted by Gasteiger charge is 2.16. The van der Waals surface area contributed by atoms with Crippen LogP contribution in [-0.2, 0) is 9.53 Å². The molecule has 1 aromatic heterocycles. The van der Waals surface area contributed by atoms with E-state index in [9.17, 15) is 9.59 Å². The summed E-state index contributed by atoms with van der Waals surface area (Å²) in [7, 11) is 0. The Morgan fingerprint density at radius 2 is 2.08 bits per heavy atom. The SMILES string of the molecule is CC(C)COC(=O)c1cc(-c2ccc(/C=C(/C#N)C(=O)O)o2)ccc1Cl. The Balaban J connectivity index is 2.31. The number of carboxylic acid groups (broad SMARTS) is 1. The minimum atomic E-state index is -1.34. The molecule has 0 aliphatic carbocycles. The minimum Gasteiger partial charge on any atom is -0.477 e. The number of hydrogen-bond acceptors (Lipinski definition) is 5. The molecule has 0 atom stereocenters. The highest BCUT2D eigenvalue weighted by Crippen LogP contribution is 2.28. The lowest BCUT2D eigenvalue weighted by Crippen LogP contribution is -2.10. The molecule has 2 rings (SSSR count). The molecule has 0 unspecified atom stereocenters. The number of nitrogens with zero attached hydrogens (tertiary/aromatic N) is 1. The van der Waals surface area contributed by atoms with Crippen molar-refractivity contribution in [3.63, 3.8) is 0 Å². The first-order valence-electron chi connectivity index (χ1n) is 7.73. The number of rotatable bonds is 6. The Morgan fingerprint density at radius 1 is 1.35 bits per heavy atom. The Bertz CT molecular complexity index is 905. The topological polar surface area (TPSA) is 101 Å². The van der Waals surface area contributed by atoms with Gasteiger partial charge in [0, 0.05) is 11.6 Å². The van der Waals surface area contributed by atoms with Crippen LogP contribution in [0.3, 0.4) is 0 Å². The van der Waals surface area contributed by atoms with E-state index in [1.165, 1.54) is 6.07 Å². The predicted octanol–water partition coefficient (Wildman–Crippen LogP) is 4.40. The van der Waals surface area contributed by atoms with Crippen LogP contribution in [0, 0.1) is 17.2 Å². The molecule has 134 valence electrons. The molecule has 0 radical (unpaired) electrons. The normalized spacial score (nSPS) is 11.3. The first kappa shape index (κ1) is 19.3. The monoisotopic (exact) mass is 373 g/mol. The van der Waals surface area contributed by atoms with Gasteiger partial charge in [-0.05, 0) is 36.2 Å². The van der Waals surface area contributed by atoms with Crippen molar-refractivity contribution in [3.05, 3.63) is 52.3 Å². The Hall–Kier alpha value is -3.04. The van der Waals surface area contributed by atoms with Crippen molar-refractivity contribution in [2.45, 2.75) is 13.8 Å². The van der Waals surface area contributed by atoms with Crippen LogP contribution in [0.2, 0.25) is 5.02 Å². The van der Waals surface area contributed by atoms with Crippen LogP contribution in [0.4, 0.5) is 0 Å². The molecule has 1 N–H and O–H groups in total. The zero-order valence-electron chi connectivity index (χ0n) is 14.2. The van der Waals surface area contributed by atoms with Gasteiger partial charge >= 0.3 is 11.9 Å². The molecular formula is C19H16ClNO5. The average Bonchev–Trinajstić information content (AvgIpc) is 3.06. The number of hydrogen-bond donors (Lipinski definition) is 1. The summed E-state index contributed by atoms with van der Waals surface area (Å²) in [5.41, 5.74) is 0.334. The Kier molecular flexibility index (Phi) is 6.21. The van der Waals surface area contributed by atoms with Gasteiger partial charge in [-0.15, -0.1) is 0 Å². The highest BCUT2D eigenvalue weighted by molar-refractivity contribution is 6.33. The molecule has 0 fully saturated rings. The minimum absolute atomic E-state index is 0.198. The summed E-state index contributed by atoms with van der Waals surface area (Å²) >= 11 is 6.08. The van der Waals surface area contributed by atoms with Gasteiger partial charge in [0.2, 0.25) is 0 Å². The summed E-state index contributed by atoms with van der Waals surface area (Å²) < 4.78 is 10.7. The van der Waals surface area contributed by atoms with Gasteiger partial charge in [-0.3, -0.25) is 0 Å². The third kappa shape index (κ3) is 4.74. The van der Waals surface area contributed by atoms with Gasteiger partial charge in [0.1, 0.15) is 23.2 Å². The van der Waals surface area contributed by atoms with Crippen molar-refractivity contribution in [1.82, 2.24) is 0 Å². The summed E-state index contributed by atoms with van der Waals surface area (Å²) in [6.45, 7) is 4.13. The molecule has 0 saturated heterocycles. The summed E-state index contributed by atoms with van der Waals surface area (Å²) in [6, 6.07) is 9.47. The van der Waals surface area contributed by atoms with Crippen LogP contribution < -0.4 is 0 Å². The molecule has 0 aliphatic rings. The molecule has 26 heavy (non-hydrogen) atoms. The van der Waals surface area contributed by atoms with Crippen LogP contribution >= 0.6 is 11.6 Å². The summed E-state index contributed by atoms with van der Waals surface area (Å²) in [5, 5.41) is 17.9. The third-order valence-electron chi connectivity index (χ3n) is 3.28. The number of carboxylic acids is 1. The lowest BCUT2D eigenvalue weighted by molar-refractivity contribution is -0.132. The molecule has 0 bridgehead atoms. The van der Waals surface area contributed by atoms with E-state index in [4.69, 9.17) is 31.1 Å². The molecule has 1 heterocycles. The fourth-order valence-electron chi connectivity index (χ4n) is 2.02. The summed E-state index contributed by atoms with van der Waals surface area (Å²) in [4.78, 5) is 23.0. The zero-order chi connectivity index (χ0) is 19.3. The first-order valence-corrected chi connectivity index (χ1v) is 8.11. The number of carbonyl (C=O) groups excluding carboxylic acids is 1. The van der Waals surface area contributed by atoms with Gasteiger partial charge in [0.05, 0.1) is 17.2 Å². The Labute approximate surface area is 155 Å². The van der Waals surface area contributed by atoms with Gasteiger partial charge in [-0.25, -0.2) is 9.59 Å². The van der Waals surface area contributed by atoms with Crippen LogP contribution in [0.5, 0.6) is 0 Å². The number of furan rings is 1. The maximum Gasteiger partial charge on any atom is 0.346 e. The van der Waals surface area contributed by atoms with Crippen LogP contribution in [0.25, 0.3) is 17.4 Å². The van der Waals surface area contributed by atoms with E-state index in [2.05, 4.69) is 0 Å². The van der Waals surface area contributed by atoms with E-state index >= 15 is 0 Å². The standard InChI is InChI=1S/C19H16ClNO5/c1-11(2)10-25-19(24)15-8-12(3-5-16(15)20)17-6-4-14(26-17)7-13(9-21)18(22)23/h3-8,11H,10H2,1-2H3,(H,22,23)/b13-7-. The number of benzene rings is 1. The summed E-state index contributed by atoms with van der Waals surface area (Å²) in [6.07, 6.45) is 1.12. The second-order valence-electron chi connectivity index (χ2n) is 5.86. The van der Waals surface area contributed by atoms with Crippen molar-refractivity contribution in [1.29, 1.82) is 5.26 Å². The average molecular weight is 374 g/mol. The molecular weight excluding hydrogens is 358 g/mol. The predicted molar refractivity (Wildman–Crippen MR) is 95.5 cm³/mol. The van der Waals surface area contributed by atoms with Crippen LogP contribution in [0.1, 0.15) is 30.0 Å². The fraction of sp³-hybridized carbons (Fsp3) is 0.211. The van der Waals surface area contributed by atoms with Crippen molar-refractivity contribution in [3.8, 4) is 17.4 Å². The smallest absolute Gasteiger partial charge is 0.346 e. The second kappa shape index (κ2) is 8.37. The molecule has 1 aromatic carbocycles. The zero-order valence-corrected chi connectivity index (χ0v) is 14.9. The highest BCUT2D eigenvalue weighted by atomic mass is 35.5. The van der Waals surface area contributed by atoms with Gasteiger partial charge in [0.15, 0.2) is 0 Å². The molecule has 0 amide bonds. The van der Waals surface area contributed by atoms with E-state index in [0.29, 0.717) is 11.3 Å². The number of nitriles is 1. The number of ether oxygens (including phenoxy) is 1. The maximum absolute atomic E-state index is 12.2. The molecule has 0 aliphatic heterocycles. The van der Waals surface area contributed by atoms with Crippen LogP contribution in [0.15, 0.2) is 40.3 Å². The van der Waals surface area contributed by atoms with Crippen molar-refractivity contribution >= 4 is 29.6 Å². The third-order valence-corrected chi connectivity index (χ3v) is 3.61. The van der Waals surface area contributed by atoms with Crippen molar-refractivity contribution < 1.29 is 23.8 Å². The fourth-order valence-corrected chi connectivity index (χ4v) is 2.22. The van der Waals surface area contributed by atoms with E-state index in [1.54, 1.807) is 30.3 Å². The number of carbonyl (C=O) groups is 2. The van der Waals surface area contributed by atoms with Gasteiger partial charge < -0.3 is 14.3 Å². The van der Waals surface area contributed by atoms with Gasteiger partial charge in [-0.2, -0.15) is 5.26 Å². The molecule has 7 heteroatoms. The van der Waals surface area contributed by atoms with Crippen molar-refractivity contribution in [2.24, 2.45) is 5.92 Å². The van der Waals surface area contributed by atoms with E-state index in [-0.39, 0.29) is 28.9 Å². The van der Waals surface area contributed by atoms with E-state index in [1.807, 2.05) is 13.8 Å². The number of halogens is 1. The molecule has 0 spiro atoms. The number of esters is 1. The maximum atomic E-state index is 12.2. The quantitative estimate of drug-likeness (QED) is 0.457. The Morgan fingerprint density at radius 3 is 2.69 bits per heavy atom. The largest absolute Gasteiger partial charge is 0.477 e. The van der Waals surface area contributed by atoms with Gasteiger partial charge in [0.25, 0.3) is 0 Å². The first-order chi connectivity index (χ1) is 12.3. The van der Waals surface area contributed by atoms with Crippen LogP contribution in [-0.4, -0.2) is 23.7 Å². The van der Waals surface area contributed by atoms with Crippen molar-refractivity contribution in [2.75, 3.05) is 6.61 Å². The lowest BCUT2D eigenvalue weighted by atomic mass is 10.1. The lowest BCUT2D eigenvalue weighted by Gasteiger charge is -2.09. The summed E-state index contributed by atoms with van der Waals surface area (Å²) in [5.74, 6) is -1.07. The number of aliphatic carboxylic acids is 1. The molecule has 6 nitrogen and oxygen atoms in total. The van der Waals surface area contributed by atoms with Gasteiger partial charge in [-0.1, -0.05) is 25.4 Å². The van der Waals surface area contributed by atoms with E-state index < -0.39 is 17.5 Å². The van der Waals surface area contributed by atoms with E-state index in [0.717, 1.165) is 6.08 Å². The molecule has 2 aromatic rings. The second-order valence-corrected chi connectivity index (χ2v) is 6.27.